The largest absolute Gasteiger partial charge is 0.418 e. The lowest BCUT2D eigenvalue weighted by Gasteiger charge is -2.21. The van der Waals surface area contributed by atoms with Crippen LogP contribution < -0.4 is 10.6 Å². The monoisotopic (exact) mass is 443 g/mol. The van der Waals surface area contributed by atoms with Gasteiger partial charge in [-0.15, -0.1) is 0 Å². The van der Waals surface area contributed by atoms with Gasteiger partial charge in [-0.3, -0.25) is 9.59 Å². The minimum Gasteiger partial charge on any atom is -0.355 e. The number of carbonyl (C=O) groups excluding carboxylic acids is 2. The first-order valence-electron chi connectivity index (χ1n) is 8.79. The molecule has 0 heterocycles. The first-order chi connectivity index (χ1) is 14.0. The lowest BCUT2D eigenvalue weighted by Crippen LogP contribution is -2.38. The quantitative estimate of drug-likeness (QED) is 0.688. The van der Waals surface area contributed by atoms with Gasteiger partial charge in [0.2, 0.25) is 15.9 Å². The summed E-state index contributed by atoms with van der Waals surface area (Å²) in [7, 11) is -2.68. The molecule has 11 heteroatoms. The van der Waals surface area contributed by atoms with Crippen molar-refractivity contribution in [2.24, 2.45) is 0 Å². The van der Waals surface area contributed by atoms with Crippen molar-refractivity contribution < 1.29 is 31.2 Å². The zero-order valence-electron chi connectivity index (χ0n) is 16.2. The van der Waals surface area contributed by atoms with E-state index in [0.717, 1.165) is 16.4 Å². The third-order valence-electron chi connectivity index (χ3n) is 4.16. The topological polar surface area (TPSA) is 95.6 Å². The Labute approximate surface area is 171 Å². The van der Waals surface area contributed by atoms with E-state index in [1.54, 1.807) is 0 Å². The van der Waals surface area contributed by atoms with Gasteiger partial charge in [0.1, 0.15) is 0 Å². The number of halogens is 3. The first-order valence-corrected chi connectivity index (χ1v) is 10.2. The van der Waals surface area contributed by atoms with Crippen LogP contribution in [0.1, 0.15) is 22.8 Å². The van der Waals surface area contributed by atoms with Crippen LogP contribution in [0.3, 0.4) is 0 Å². The third-order valence-corrected chi connectivity index (χ3v) is 6.10. The summed E-state index contributed by atoms with van der Waals surface area (Å²) in [5.41, 5.74) is -1.24. The first kappa shape index (κ1) is 23.4. The van der Waals surface area contributed by atoms with Gasteiger partial charge >= 0.3 is 6.18 Å². The fourth-order valence-corrected chi connectivity index (χ4v) is 4.03. The summed E-state index contributed by atoms with van der Waals surface area (Å²) in [6.45, 7) is 0.726. The number of nitrogens with zero attached hydrogens (tertiary/aromatic N) is 1. The maximum atomic E-state index is 13.1. The van der Waals surface area contributed by atoms with E-state index in [1.807, 2.05) is 0 Å². The molecule has 0 spiro atoms. The molecule has 0 saturated carbocycles. The Bertz CT molecular complexity index is 1020. The molecule has 0 unspecified atom stereocenters. The lowest BCUT2D eigenvalue weighted by atomic mass is 10.1. The Morgan fingerprint density at radius 3 is 2.17 bits per heavy atom. The van der Waals surface area contributed by atoms with Gasteiger partial charge in [0.05, 0.1) is 22.7 Å². The van der Waals surface area contributed by atoms with Crippen LogP contribution in [0, 0.1) is 0 Å². The molecule has 0 aromatic heterocycles. The molecule has 7 nitrogen and oxygen atoms in total. The van der Waals surface area contributed by atoms with Crippen molar-refractivity contribution in [3.8, 4) is 0 Å². The van der Waals surface area contributed by atoms with Crippen LogP contribution in [-0.2, 0) is 21.0 Å². The number of hydrogen-bond acceptors (Lipinski definition) is 4. The highest BCUT2D eigenvalue weighted by Gasteiger charge is 2.34. The van der Waals surface area contributed by atoms with E-state index in [-0.39, 0.29) is 17.0 Å². The van der Waals surface area contributed by atoms with Crippen LogP contribution in [-0.4, -0.2) is 44.7 Å². The highest BCUT2D eigenvalue weighted by atomic mass is 32.2. The molecule has 0 radical (unpaired) electrons. The van der Waals surface area contributed by atoms with Gasteiger partial charge in [0.15, 0.2) is 0 Å². The van der Waals surface area contributed by atoms with E-state index in [0.29, 0.717) is 0 Å². The minimum absolute atomic E-state index is 0.0894. The molecule has 0 atom stereocenters. The molecule has 2 aromatic carbocycles. The second kappa shape index (κ2) is 9.26. The Hall–Kier alpha value is -2.92. The van der Waals surface area contributed by atoms with Gasteiger partial charge in [-0.25, -0.2) is 8.42 Å². The van der Waals surface area contributed by atoms with Crippen molar-refractivity contribution in [3.05, 3.63) is 59.7 Å². The van der Waals surface area contributed by atoms with Crippen LogP contribution in [0.25, 0.3) is 0 Å². The molecule has 162 valence electrons. The maximum absolute atomic E-state index is 13.1. The fourth-order valence-electron chi connectivity index (χ4n) is 2.63. The molecule has 0 aliphatic heterocycles. The summed E-state index contributed by atoms with van der Waals surface area (Å²) >= 11 is 0. The lowest BCUT2D eigenvalue weighted by molar-refractivity contribution is -0.137. The molecule has 2 rings (SSSR count). The molecule has 2 amide bonds. The number of para-hydroxylation sites is 1. The van der Waals surface area contributed by atoms with Crippen molar-refractivity contribution in [3.63, 3.8) is 0 Å². The molecule has 0 aliphatic rings. The van der Waals surface area contributed by atoms with Gasteiger partial charge < -0.3 is 10.6 Å². The van der Waals surface area contributed by atoms with Crippen LogP contribution in [0.5, 0.6) is 0 Å². The Balaban J connectivity index is 2.20. The number of rotatable bonds is 7. The summed E-state index contributed by atoms with van der Waals surface area (Å²) < 4.78 is 65.6. The van der Waals surface area contributed by atoms with E-state index in [2.05, 4.69) is 10.6 Å². The third kappa shape index (κ3) is 5.36. The molecular weight excluding hydrogens is 423 g/mol. The van der Waals surface area contributed by atoms with Gasteiger partial charge in [0.25, 0.3) is 5.91 Å². The second-order valence-corrected chi connectivity index (χ2v) is 8.06. The number of nitrogens with one attached hydrogen (secondary N) is 2. The molecular formula is C19H20F3N3O4S. The van der Waals surface area contributed by atoms with E-state index in [1.165, 1.54) is 50.4 Å². The number of hydrogen-bond donors (Lipinski definition) is 2. The highest BCUT2D eigenvalue weighted by molar-refractivity contribution is 7.89. The normalized spacial score (nSPS) is 11.9. The molecule has 0 bridgehead atoms. The molecule has 2 N–H and O–H groups in total. The van der Waals surface area contributed by atoms with E-state index in [9.17, 15) is 31.2 Å². The van der Waals surface area contributed by atoms with Crippen molar-refractivity contribution in [2.75, 3.05) is 25.5 Å². The predicted octanol–water partition coefficient (Wildman–Crippen LogP) is 2.71. The van der Waals surface area contributed by atoms with Gasteiger partial charge in [0, 0.05) is 19.2 Å². The van der Waals surface area contributed by atoms with Crippen molar-refractivity contribution >= 4 is 27.5 Å². The maximum Gasteiger partial charge on any atom is 0.418 e. The number of carbonyl (C=O) groups is 2. The average molecular weight is 443 g/mol. The van der Waals surface area contributed by atoms with Gasteiger partial charge in [-0.2, -0.15) is 17.5 Å². The van der Waals surface area contributed by atoms with Crippen LogP contribution in [0.15, 0.2) is 53.4 Å². The molecule has 2 aromatic rings. The molecule has 30 heavy (non-hydrogen) atoms. The molecule has 0 aliphatic carbocycles. The molecule has 0 saturated heterocycles. The highest BCUT2D eigenvalue weighted by Crippen LogP contribution is 2.34. The Morgan fingerprint density at radius 1 is 1.03 bits per heavy atom. The van der Waals surface area contributed by atoms with Crippen molar-refractivity contribution in [2.45, 2.75) is 18.0 Å². The minimum atomic E-state index is -4.67. The Kier molecular flexibility index (Phi) is 7.21. The van der Waals surface area contributed by atoms with Crippen LogP contribution >= 0.6 is 0 Å². The number of amides is 2. The predicted molar refractivity (Wildman–Crippen MR) is 104 cm³/mol. The van der Waals surface area contributed by atoms with Crippen LogP contribution in [0.4, 0.5) is 18.9 Å². The van der Waals surface area contributed by atoms with Gasteiger partial charge in [-0.05, 0) is 36.4 Å². The number of sulfonamides is 1. The van der Waals surface area contributed by atoms with Crippen molar-refractivity contribution in [1.29, 1.82) is 0 Å². The van der Waals surface area contributed by atoms with Crippen LogP contribution in [0.2, 0.25) is 0 Å². The summed E-state index contributed by atoms with van der Waals surface area (Å²) in [4.78, 5) is 23.7. The Morgan fingerprint density at radius 2 is 1.63 bits per heavy atom. The van der Waals surface area contributed by atoms with E-state index < -0.39 is 45.8 Å². The smallest absolute Gasteiger partial charge is 0.355 e. The number of benzene rings is 2. The number of anilines is 1. The SMILES string of the molecule is CCN(CC(=O)Nc1ccccc1C(F)(F)F)S(=O)(=O)c1ccc(C(=O)NC)cc1. The summed E-state index contributed by atoms with van der Waals surface area (Å²) in [6, 6.07) is 9.50. The van der Waals surface area contributed by atoms with E-state index in [4.69, 9.17) is 0 Å². The fraction of sp³-hybridized carbons (Fsp3) is 0.263. The zero-order valence-corrected chi connectivity index (χ0v) is 17.0. The summed E-state index contributed by atoms with van der Waals surface area (Å²) in [6.07, 6.45) is -4.67. The van der Waals surface area contributed by atoms with E-state index >= 15 is 0 Å². The average Bonchev–Trinajstić information content (AvgIpc) is 2.71. The summed E-state index contributed by atoms with van der Waals surface area (Å²) in [5, 5.41) is 4.53. The van der Waals surface area contributed by atoms with Gasteiger partial charge in [-0.1, -0.05) is 19.1 Å². The molecule has 0 fully saturated rings. The van der Waals surface area contributed by atoms with Crippen molar-refractivity contribution in [1.82, 2.24) is 9.62 Å². The zero-order chi connectivity index (χ0) is 22.5. The number of alkyl halides is 3. The summed E-state index contributed by atoms with van der Waals surface area (Å²) in [5.74, 6) is -1.31. The second-order valence-electron chi connectivity index (χ2n) is 6.13. The number of likely N-dealkylation sites (N-methyl/N-ethyl adjacent to an activating group) is 1. The standard InChI is InChI=1S/C19H20F3N3O4S/c1-3-25(30(28,29)14-10-8-13(9-11-14)18(27)23-2)12-17(26)24-16-7-5-4-6-15(16)19(20,21)22/h4-11H,3,12H2,1-2H3,(H,23,27)(H,24,26).